The summed E-state index contributed by atoms with van der Waals surface area (Å²) in [7, 11) is 0. The van der Waals surface area contributed by atoms with Crippen LogP contribution in [0.5, 0.6) is 0 Å². The van der Waals surface area contributed by atoms with Crippen LogP contribution in [0, 0.1) is 5.82 Å². The van der Waals surface area contributed by atoms with Crippen molar-refractivity contribution in [2.45, 2.75) is 19.8 Å². The van der Waals surface area contributed by atoms with Gasteiger partial charge < -0.3 is 4.74 Å². The summed E-state index contributed by atoms with van der Waals surface area (Å²) in [6.45, 7) is 2.09. The van der Waals surface area contributed by atoms with E-state index in [0.717, 1.165) is 17.5 Å². The molecule has 0 fully saturated rings. The molecule has 0 radical (unpaired) electrons. The van der Waals surface area contributed by atoms with Crippen LogP contribution in [0.4, 0.5) is 4.39 Å². The van der Waals surface area contributed by atoms with Crippen molar-refractivity contribution >= 4 is 17.9 Å². The molecule has 1 aliphatic rings. The molecule has 0 saturated heterocycles. The second-order valence-corrected chi connectivity index (χ2v) is 5.32. The maximum atomic E-state index is 12.9. The standard InChI is InChI=1S/C19H16FNO2/c1-2-13-3-5-14(6-4-13)11-17-19(22)23-18(21-17)12-15-7-9-16(20)10-8-15/h3-11H,2,12H2,1H3/b17-11+. The molecule has 0 aromatic heterocycles. The Morgan fingerprint density at radius 1 is 1.04 bits per heavy atom. The molecular weight excluding hydrogens is 293 g/mol. The summed E-state index contributed by atoms with van der Waals surface area (Å²) in [5.74, 6) is -0.421. The SMILES string of the molecule is CCc1ccc(/C=C2/N=C(Cc3ccc(F)cc3)OC2=O)cc1. The maximum absolute atomic E-state index is 12.9. The first-order valence-corrected chi connectivity index (χ1v) is 7.49. The Balaban J connectivity index is 1.77. The number of carbonyl (C=O) groups is 1. The number of ether oxygens (including phenoxy) is 1. The largest absolute Gasteiger partial charge is 0.406 e. The smallest absolute Gasteiger partial charge is 0.363 e. The molecule has 1 heterocycles. The summed E-state index contributed by atoms with van der Waals surface area (Å²) in [5.41, 5.74) is 3.26. The van der Waals surface area contributed by atoms with Gasteiger partial charge in [0, 0.05) is 6.42 Å². The highest BCUT2D eigenvalue weighted by molar-refractivity contribution is 6.07. The van der Waals surface area contributed by atoms with E-state index in [1.54, 1.807) is 18.2 Å². The highest BCUT2D eigenvalue weighted by Crippen LogP contribution is 2.18. The van der Waals surface area contributed by atoms with Crippen molar-refractivity contribution in [3.8, 4) is 0 Å². The van der Waals surface area contributed by atoms with Gasteiger partial charge in [0.05, 0.1) is 0 Å². The summed E-state index contributed by atoms with van der Waals surface area (Å²) in [5, 5.41) is 0. The minimum absolute atomic E-state index is 0.284. The van der Waals surface area contributed by atoms with Gasteiger partial charge in [-0.3, -0.25) is 0 Å². The van der Waals surface area contributed by atoms with E-state index in [1.165, 1.54) is 17.7 Å². The molecule has 3 rings (SSSR count). The quantitative estimate of drug-likeness (QED) is 0.634. The molecule has 0 bridgehead atoms. The van der Waals surface area contributed by atoms with Gasteiger partial charge in [-0.05, 0) is 41.3 Å². The van der Waals surface area contributed by atoms with E-state index in [-0.39, 0.29) is 11.5 Å². The lowest BCUT2D eigenvalue weighted by Crippen LogP contribution is -2.06. The predicted octanol–water partition coefficient (Wildman–Crippen LogP) is 3.93. The fraction of sp³-hybridized carbons (Fsp3) is 0.158. The number of cyclic esters (lactones) is 1. The predicted molar refractivity (Wildman–Crippen MR) is 87.4 cm³/mol. The van der Waals surface area contributed by atoms with E-state index in [9.17, 15) is 9.18 Å². The van der Waals surface area contributed by atoms with Crippen molar-refractivity contribution in [1.29, 1.82) is 0 Å². The van der Waals surface area contributed by atoms with Gasteiger partial charge in [-0.15, -0.1) is 0 Å². The molecule has 0 spiro atoms. The number of carbonyl (C=O) groups excluding carboxylic acids is 1. The first kappa shape index (κ1) is 15.2. The van der Waals surface area contributed by atoms with Crippen LogP contribution in [0.3, 0.4) is 0 Å². The summed E-state index contributed by atoms with van der Waals surface area (Å²) in [4.78, 5) is 16.1. The van der Waals surface area contributed by atoms with Crippen molar-refractivity contribution in [1.82, 2.24) is 0 Å². The minimum Gasteiger partial charge on any atom is -0.406 e. The van der Waals surface area contributed by atoms with Crippen molar-refractivity contribution in [2.75, 3.05) is 0 Å². The van der Waals surface area contributed by atoms with Crippen LogP contribution in [0.1, 0.15) is 23.6 Å². The van der Waals surface area contributed by atoms with Gasteiger partial charge in [-0.2, -0.15) is 0 Å². The Bertz CT molecular complexity index is 774. The van der Waals surface area contributed by atoms with Crippen molar-refractivity contribution in [3.05, 3.63) is 76.7 Å². The van der Waals surface area contributed by atoms with Crippen molar-refractivity contribution in [2.24, 2.45) is 4.99 Å². The van der Waals surface area contributed by atoms with Crippen LogP contribution in [-0.4, -0.2) is 11.9 Å². The fourth-order valence-electron chi connectivity index (χ4n) is 2.31. The molecule has 4 heteroatoms. The number of hydrogen-bond donors (Lipinski definition) is 0. The maximum Gasteiger partial charge on any atom is 0.363 e. The van der Waals surface area contributed by atoms with E-state index in [4.69, 9.17) is 4.74 Å². The van der Waals surface area contributed by atoms with Gasteiger partial charge in [-0.1, -0.05) is 43.3 Å². The summed E-state index contributed by atoms with van der Waals surface area (Å²) < 4.78 is 18.1. The van der Waals surface area contributed by atoms with Gasteiger partial charge in [0.25, 0.3) is 0 Å². The highest BCUT2D eigenvalue weighted by Gasteiger charge is 2.22. The number of esters is 1. The molecule has 2 aromatic rings. The number of aryl methyl sites for hydroxylation is 1. The van der Waals surface area contributed by atoms with Gasteiger partial charge in [0.1, 0.15) is 5.82 Å². The number of benzene rings is 2. The molecule has 0 unspecified atom stereocenters. The van der Waals surface area contributed by atoms with E-state index in [2.05, 4.69) is 11.9 Å². The second kappa shape index (κ2) is 6.57. The zero-order chi connectivity index (χ0) is 16.2. The lowest BCUT2D eigenvalue weighted by atomic mass is 10.1. The topological polar surface area (TPSA) is 38.7 Å². The second-order valence-electron chi connectivity index (χ2n) is 5.32. The number of halogens is 1. The zero-order valence-electron chi connectivity index (χ0n) is 12.8. The molecule has 3 nitrogen and oxygen atoms in total. The van der Waals surface area contributed by atoms with Gasteiger partial charge in [-0.25, -0.2) is 14.2 Å². The summed E-state index contributed by atoms with van der Waals surface area (Å²) >= 11 is 0. The van der Waals surface area contributed by atoms with Gasteiger partial charge in [0.15, 0.2) is 5.70 Å². The normalized spacial score (nSPS) is 15.7. The molecule has 0 saturated carbocycles. The Labute approximate surface area is 134 Å². The molecule has 116 valence electrons. The molecule has 0 aliphatic carbocycles. The Hall–Kier alpha value is -2.75. The summed E-state index contributed by atoms with van der Waals surface area (Å²) in [6, 6.07) is 14.0. The van der Waals surface area contributed by atoms with Crippen LogP contribution in [0.2, 0.25) is 0 Å². The van der Waals surface area contributed by atoms with Crippen LogP contribution in [0.25, 0.3) is 6.08 Å². The Kier molecular flexibility index (Phi) is 4.33. The third-order valence-electron chi connectivity index (χ3n) is 3.62. The van der Waals surface area contributed by atoms with Crippen LogP contribution in [-0.2, 0) is 22.4 Å². The average Bonchev–Trinajstić information content (AvgIpc) is 2.90. The van der Waals surface area contributed by atoms with Crippen LogP contribution >= 0.6 is 0 Å². The molecule has 23 heavy (non-hydrogen) atoms. The van der Waals surface area contributed by atoms with Crippen molar-refractivity contribution < 1.29 is 13.9 Å². The molecule has 1 aliphatic heterocycles. The van der Waals surface area contributed by atoms with E-state index < -0.39 is 5.97 Å². The van der Waals surface area contributed by atoms with Crippen LogP contribution < -0.4 is 0 Å². The third-order valence-corrected chi connectivity index (χ3v) is 3.62. The lowest BCUT2D eigenvalue weighted by Gasteiger charge is -1.99. The average molecular weight is 309 g/mol. The number of aliphatic imine (C=N–C) groups is 1. The summed E-state index contributed by atoms with van der Waals surface area (Å²) in [6.07, 6.45) is 3.04. The number of hydrogen-bond acceptors (Lipinski definition) is 3. The monoisotopic (exact) mass is 309 g/mol. The van der Waals surface area contributed by atoms with Gasteiger partial charge >= 0.3 is 5.97 Å². The number of nitrogens with zero attached hydrogens (tertiary/aromatic N) is 1. The molecule has 0 amide bonds. The molecule has 0 atom stereocenters. The number of rotatable bonds is 4. The Morgan fingerprint density at radius 2 is 1.70 bits per heavy atom. The fourth-order valence-corrected chi connectivity index (χ4v) is 2.31. The lowest BCUT2D eigenvalue weighted by molar-refractivity contribution is -0.130. The van der Waals surface area contributed by atoms with E-state index in [1.807, 2.05) is 24.3 Å². The third kappa shape index (κ3) is 3.72. The van der Waals surface area contributed by atoms with Gasteiger partial charge in [0.2, 0.25) is 5.90 Å². The molecular formula is C19H16FNO2. The zero-order valence-corrected chi connectivity index (χ0v) is 12.8. The minimum atomic E-state index is -0.457. The molecule has 0 N–H and O–H groups in total. The van der Waals surface area contributed by atoms with E-state index >= 15 is 0 Å². The van der Waals surface area contributed by atoms with E-state index in [0.29, 0.717) is 12.3 Å². The van der Waals surface area contributed by atoms with Crippen LogP contribution in [0.15, 0.2) is 59.2 Å². The first-order valence-electron chi connectivity index (χ1n) is 7.49. The van der Waals surface area contributed by atoms with Crippen molar-refractivity contribution in [3.63, 3.8) is 0 Å². The highest BCUT2D eigenvalue weighted by atomic mass is 19.1. The molecule has 2 aromatic carbocycles. The first-order chi connectivity index (χ1) is 11.1. The Morgan fingerprint density at radius 3 is 2.35 bits per heavy atom.